The number of hydrogen-bond donors (Lipinski definition) is 0. The third kappa shape index (κ3) is 6.47. The third-order valence-corrected chi connectivity index (χ3v) is 13.5. The van der Waals surface area contributed by atoms with Crippen LogP contribution in [-0.2, 0) is 0 Å². The molecule has 0 atom stereocenters. The maximum Gasteiger partial charge on any atom is 0.256 e. The fraction of sp³-hybridized carbons (Fsp3) is 0.100. The summed E-state index contributed by atoms with van der Waals surface area (Å²) in [6.07, 6.45) is 0. The standard InChI is InChI=1S/C60H48BN3O2/c1-37-11-22-43(23-12-37)62(44-24-13-38(2)14-25-44)48-34-53-58-56(35-48)65-55-32-21-42(6)33-50(55)61(58)51-36-52(63(45-26-15-39(3)16-27-45)46-28-17-40(4)18-29-46)57-49-9-7-8-10-54(49)66-60(57)59(51)64(53)47-30-19-41(5)20-31-47/h7-36H,1-6H3. The van der Waals surface area contributed by atoms with Gasteiger partial charge in [-0.05, 0) is 143 Å². The van der Waals surface area contributed by atoms with Gasteiger partial charge in [0.2, 0.25) is 0 Å². The molecule has 0 N–H and O–H groups in total. The highest BCUT2D eigenvalue weighted by molar-refractivity contribution is 6.99. The van der Waals surface area contributed by atoms with Crippen molar-refractivity contribution >= 4 is 96.2 Å². The topological polar surface area (TPSA) is 32.1 Å². The summed E-state index contributed by atoms with van der Waals surface area (Å²) < 4.78 is 14.5. The first kappa shape index (κ1) is 39.6. The Morgan fingerprint density at radius 1 is 0.439 bits per heavy atom. The summed E-state index contributed by atoms with van der Waals surface area (Å²) in [7, 11) is 0. The molecule has 9 aromatic carbocycles. The highest BCUT2D eigenvalue weighted by atomic mass is 16.5. The van der Waals surface area contributed by atoms with Gasteiger partial charge in [-0.25, -0.2) is 0 Å². The minimum atomic E-state index is -0.189. The molecular weight excluding hydrogens is 805 g/mol. The molecule has 318 valence electrons. The lowest BCUT2D eigenvalue weighted by atomic mass is 9.34. The molecule has 3 heterocycles. The fourth-order valence-electron chi connectivity index (χ4n) is 10.1. The number of benzene rings is 9. The van der Waals surface area contributed by atoms with E-state index < -0.39 is 0 Å². The van der Waals surface area contributed by atoms with Gasteiger partial charge in [0, 0.05) is 45.6 Å². The normalized spacial score (nSPS) is 12.5. The summed E-state index contributed by atoms with van der Waals surface area (Å²) in [5.41, 5.74) is 21.7. The number of ether oxygens (including phenoxy) is 1. The zero-order chi connectivity index (χ0) is 44.8. The second-order valence-electron chi connectivity index (χ2n) is 18.3. The minimum Gasteiger partial charge on any atom is -0.458 e. The van der Waals surface area contributed by atoms with Gasteiger partial charge < -0.3 is 23.9 Å². The Morgan fingerprint density at radius 3 is 1.53 bits per heavy atom. The molecule has 6 heteroatoms. The highest BCUT2D eigenvalue weighted by Gasteiger charge is 2.45. The number of para-hydroxylation sites is 1. The number of furan rings is 1. The summed E-state index contributed by atoms with van der Waals surface area (Å²) in [4.78, 5) is 7.20. The Hall–Kier alpha value is -7.96. The number of aryl methyl sites for hydroxylation is 6. The van der Waals surface area contributed by atoms with Gasteiger partial charge in [-0.3, -0.25) is 0 Å². The van der Waals surface area contributed by atoms with Crippen molar-refractivity contribution in [3.05, 3.63) is 215 Å². The van der Waals surface area contributed by atoms with E-state index in [9.17, 15) is 0 Å². The van der Waals surface area contributed by atoms with Crippen LogP contribution < -0.4 is 35.8 Å². The van der Waals surface area contributed by atoms with Gasteiger partial charge in [0.1, 0.15) is 17.1 Å². The van der Waals surface area contributed by atoms with Gasteiger partial charge in [0.25, 0.3) is 6.71 Å². The summed E-state index contributed by atoms with van der Waals surface area (Å²) in [5, 5.41) is 2.12. The van der Waals surface area contributed by atoms with Crippen LogP contribution in [0.3, 0.4) is 0 Å². The van der Waals surface area contributed by atoms with Crippen molar-refractivity contribution in [3.8, 4) is 11.5 Å². The molecule has 0 saturated carbocycles. The summed E-state index contributed by atoms with van der Waals surface area (Å²) >= 11 is 0. The zero-order valence-electron chi connectivity index (χ0n) is 38.1. The summed E-state index contributed by atoms with van der Waals surface area (Å²) in [5.74, 6) is 1.68. The predicted octanol–water partition coefficient (Wildman–Crippen LogP) is 14.8. The average molecular weight is 854 g/mol. The van der Waals surface area contributed by atoms with Crippen LogP contribution in [0.15, 0.2) is 186 Å². The maximum absolute atomic E-state index is 7.32. The summed E-state index contributed by atoms with van der Waals surface area (Å²) in [6, 6.07) is 66.4. The number of anilines is 9. The first-order chi connectivity index (χ1) is 32.2. The monoisotopic (exact) mass is 853 g/mol. The van der Waals surface area contributed by atoms with Gasteiger partial charge in [0.15, 0.2) is 5.58 Å². The van der Waals surface area contributed by atoms with Gasteiger partial charge >= 0.3 is 0 Å². The lowest BCUT2D eigenvalue weighted by Crippen LogP contribution is -2.59. The van der Waals surface area contributed by atoms with Gasteiger partial charge in [-0.1, -0.05) is 124 Å². The Labute approximate surface area is 386 Å². The Kier molecular flexibility index (Phi) is 9.21. The van der Waals surface area contributed by atoms with Crippen molar-refractivity contribution in [3.63, 3.8) is 0 Å². The van der Waals surface area contributed by atoms with E-state index in [0.29, 0.717) is 0 Å². The smallest absolute Gasteiger partial charge is 0.256 e. The van der Waals surface area contributed by atoms with Gasteiger partial charge in [0.05, 0.1) is 22.4 Å². The Bertz CT molecular complexity index is 3410. The Morgan fingerprint density at radius 2 is 0.955 bits per heavy atom. The van der Waals surface area contributed by atoms with E-state index in [0.717, 1.165) is 101 Å². The van der Waals surface area contributed by atoms with E-state index in [2.05, 4.69) is 238 Å². The van der Waals surface area contributed by atoms with Crippen LogP contribution >= 0.6 is 0 Å². The molecule has 12 rings (SSSR count). The first-order valence-electron chi connectivity index (χ1n) is 22.8. The summed E-state index contributed by atoms with van der Waals surface area (Å²) in [6.45, 7) is 12.7. The molecule has 0 unspecified atom stereocenters. The van der Waals surface area contributed by atoms with E-state index in [4.69, 9.17) is 9.15 Å². The number of rotatable bonds is 7. The number of fused-ring (bicyclic) bond motifs is 8. The van der Waals surface area contributed by atoms with E-state index >= 15 is 0 Å². The van der Waals surface area contributed by atoms with Crippen molar-refractivity contribution in [1.29, 1.82) is 0 Å². The van der Waals surface area contributed by atoms with Crippen LogP contribution in [0.1, 0.15) is 33.4 Å². The van der Waals surface area contributed by atoms with Crippen LogP contribution in [0.4, 0.5) is 51.2 Å². The molecule has 0 fully saturated rings. The molecule has 1 aromatic heterocycles. The van der Waals surface area contributed by atoms with E-state index in [1.807, 2.05) is 0 Å². The van der Waals surface area contributed by atoms with Crippen molar-refractivity contribution in [2.24, 2.45) is 0 Å². The lowest BCUT2D eigenvalue weighted by Gasteiger charge is -2.41. The van der Waals surface area contributed by atoms with Crippen LogP contribution in [-0.4, -0.2) is 6.71 Å². The van der Waals surface area contributed by atoms with Crippen LogP contribution in [0.5, 0.6) is 11.5 Å². The van der Waals surface area contributed by atoms with Crippen molar-refractivity contribution in [1.82, 2.24) is 0 Å². The molecule has 0 spiro atoms. The van der Waals surface area contributed by atoms with Crippen LogP contribution in [0.25, 0.3) is 21.9 Å². The highest BCUT2D eigenvalue weighted by Crippen LogP contribution is 2.52. The zero-order valence-corrected chi connectivity index (χ0v) is 38.1. The third-order valence-electron chi connectivity index (χ3n) is 13.5. The fourth-order valence-corrected chi connectivity index (χ4v) is 10.1. The molecule has 2 aliphatic heterocycles. The molecule has 0 amide bonds. The SMILES string of the molecule is Cc1ccc(N(c2ccc(C)cc2)c2cc3c4c(c2)N(c2ccc(C)cc2)c2c(cc(N(c5ccc(C)cc5)c5ccc(C)cc5)c5c2oc2ccccc25)B4c2cc(C)ccc2O3)cc1. The van der Waals surface area contributed by atoms with E-state index in [1.165, 1.54) is 33.4 Å². The van der Waals surface area contributed by atoms with Gasteiger partial charge in [-0.2, -0.15) is 0 Å². The van der Waals surface area contributed by atoms with Gasteiger partial charge in [-0.15, -0.1) is 0 Å². The van der Waals surface area contributed by atoms with Crippen molar-refractivity contribution < 1.29 is 9.15 Å². The van der Waals surface area contributed by atoms with Crippen LogP contribution in [0.2, 0.25) is 0 Å². The molecule has 5 nitrogen and oxygen atoms in total. The molecular formula is C60H48BN3O2. The molecule has 0 saturated heterocycles. The van der Waals surface area contributed by atoms with Crippen molar-refractivity contribution in [2.45, 2.75) is 41.5 Å². The van der Waals surface area contributed by atoms with E-state index in [-0.39, 0.29) is 6.71 Å². The second kappa shape index (κ2) is 15.3. The Balaban J connectivity index is 1.22. The molecule has 0 bridgehead atoms. The van der Waals surface area contributed by atoms with Crippen LogP contribution in [0, 0.1) is 41.5 Å². The molecule has 0 radical (unpaired) electrons. The number of hydrogen-bond acceptors (Lipinski definition) is 5. The molecule has 2 aliphatic rings. The van der Waals surface area contributed by atoms with E-state index in [1.54, 1.807) is 0 Å². The second-order valence-corrected chi connectivity index (χ2v) is 18.3. The quantitative estimate of drug-likeness (QED) is 0.149. The predicted molar refractivity (Wildman–Crippen MR) is 277 cm³/mol. The number of nitrogens with zero attached hydrogens (tertiary/aromatic N) is 3. The largest absolute Gasteiger partial charge is 0.458 e. The molecule has 66 heavy (non-hydrogen) atoms. The van der Waals surface area contributed by atoms with Crippen molar-refractivity contribution in [2.75, 3.05) is 14.7 Å². The molecule has 0 aliphatic carbocycles. The minimum absolute atomic E-state index is 0.189. The average Bonchev–Trinajstić information content (AvgIpc) is 3.72. The first-order valence-corrected chi connectivity index (χ1v) is 22.8. The molecule has 10 aromatic rings. The lowest BCUT2D eigenvalue weighted by molar-refractivity contribution is 0.487. The maximum atomic E-state index is 7.32.